The van der Waals surface area contributed by atoms with Crippen molar-refractivity contribution in [2.24, 2.45) is 0 Å². The molecule has 0 bridgehead atoms. The first-order valence-electron chi connectivity index (χ1n) is 5.66. The van der Waals surface area contributed by atoms with Crippen molar-refractivity contribution >= 4 is 5.95 Å². The van der Waals surface area contributed by atoms with Crippen LogP contribution < -0.4 is 5.32 Å². The average Bonchev–Trinajstić information content (AvgIpc) is 2.82. The zero-order valence-electron chi connectivity index (χ0n) is 9.08. The number of nitrogens with zero attached hydrogens (tertiary/aromatic N) is 4. The number of anilines is 1. The average molecular weight is 217 g/mol. The van der Waals surface area contributed by atoms with Gasteiger partial charge in [-0.15, -0.1) is 0 Å². The molecule has 5 nitrogen and oxygen atoms in total. The molecule has 0 saturated heterocycles. The smallest absolute Gasteiger partial charge is 0.203 e. The van der Waals surface area contributed by atoms with Gasteiger partial charge in [-0.2, -0.15) is 0 Å². The standard InChI is InChI=1S/C11H15N5/c1-2-10(1)16-8-5-14-11(16)13-4-7-15-6-3-12-9-15/h3,5-6,8-10H,1-2,4,7H2,(H,13,14). The van der Waals surface area contributed by atoms with Gasteiger partial charge >= 0.3 is 0 Å². The van der Waals surface area contributed by atoms with Crippen molar-refractivity contribution in [1.29, 1.82) is 0 Å². The maximum atomic E-state index is 4.32. The van der Waals surface area contributed by atoms with E-state index >= 15 is 0 Å². The summed E-state index contributed by atoms with van der Waals surface area (Å²) >= 11 is 0. The van der Waals surface area contributed by atoms with Crippen LogP contribution in [-0.2, 0) is 6.54 Å². The van der Waals surface area contributed by atoms with Gasteiger partial charge in [0, 0.05) is 43.9 Å². The minimum absolute atomic E-state index is 0.679. The number of imidazole rings is 2. The Morgan fingerprint density at radius 1 is 1.31 bits per heavy atom. The molecule has 0 atom stereocenters. The fourth-order valence-electron chi connectivity index (χ4n) is 1.81. The molecule has 0 aliphatic heterocycles. The molecule has 1 saturated carbocycles. The van der Waals surface area contributed by atoms with Gasteiger partial charge in [0.15, 0.2) is 0 Å². The van der Waals surface area contributed by atoms with Crippen molar-refractivity contribution in [3.05, 3.63) is 31.1 Å². The van der Waals surface area contributed by atoms with E-state index in [4.69, 9.17) is 0 Å². The van der Waals surface area contributed by atoms with Gasteiger partial charge in [-0.3, -0.25) is 0 Å². The largest absolute Gasteiger partial charge is 0.354 e. The first-order valence-corrected chi connectivity index (χ1v) is 5.66. The quantitative estimate of drug-likeness (QED) is 0.826. The highest BCUT2D eigenvalue weighted by atomic mass is 15.2. The van der Waals surface area contributed by atoms with Gasteiger partial charge < -0.3 is 14.5 Å². The first kappa shape index (κ1) is 9.45. The van der Waals surface area contributed by atoms with Crippen molar-refractivity contribution in [1.82, 2.24) is 19.1 Å². The summed E-state index contributed by atoms with van der Waals surface area (Å²) in [6.07, 6.45) is 12.1. The summed E-state index contributed by atoms with van der Waals surface area (Å²) in [5.41, 5.74) is 0. The van der Waals surface area contributed by atoms with Gasteiger partial charge in [-0.05, 0) is 12.8 Å². The Bertz CT molecular complexity index is 441. The Balaban J connectivity index is 1.56. The fraction of sp³-hybridized carbons (Fsp3) is 0.455. The highest BCUT2D eigenvalue weighted by molar-refractivity contribution is 5.27. The van der Waals surface area contributed by atoms with Crippen molar-refractivity contribution < 1.29 is 0 Å². The third kappa shape index (κ3) is 1.93. The zero-order valence-corrected chi connectivity index (χ0v) is 9.08. The van der Waals surface area contributed by atoms with Crippen LogP contribution in [0.5, 0.6) is 0 Å². The molecule has 1 fully saturated rings. The van der Waals surface area contributed by atoms with E-state index in [1.165, 1.54) is 12.8 Å². The molecule has 2 heterocycles. The van der Waals surface area contributed by atoms with Crippen molar-refractivity contribution in [2.45, 2.75) is 25.4 Å². The summed E-state index contributed by atoms with van der Waals surface area (Å²) < 4.78 is 4.28. The van der Waals surface area contributed by atoms with Crippen LogP contribution in [0, 0.1) is 0 Å². The van der Waals surface area contributed by atoms with E-state index in [0.29, 0.717) is 6.04 Å². The van der Waals surface area contributed by atoms with Crippen LogP contribution in [0.2, 0.25) is 0 Å². The molecular weight excluding hydrogens is 202 g/mol. The Kier molecular flexibility index (Phi) is 2.36. The zero-order chi connectivity index (χ0) is 10.8. The first-order chi connectivity index (χ1) is 7.93. The lowest BCUT2D eigenvalue weighted by molar-refractivity contribution is 0.702. The van der Waals surface area contributed by atoms with E-state index in [1.807, 2.05) is 18.7 Å². The number of nitrogens with one attached hydrogen (secondary N) is 1. The van der Waals surface area contributed by atoms with Gasteiger partial charge in [0.1, 0.15) is 0 Å². The summed E-state index contributed by atoms with van der Waals surface area (Å²) in [6.45, 7) is 1.79. The molecule has 84 valence electrons. The van der Waals surface area contributed by atoms with Gasteiger partial charge in [-0.25, -0.2) is 9.97 Å². The number of rotatable bonds is 5. The predicted octanol–water partition coefficient (Wildman–Crippen LogP) is 1.53. The second-order valence-electron chi connectivity index (χ2n) is 4.12. The monoisotopic (exact) mass is 217 g/mol. The molecule has 1 aliphatic rings. The molecule has 1 N–H and O–H groups in total. The van der Waals surface area contributed by atoms with Gasteiger partial charge in [0.2, 0.25) is 5.95 Å². The van der Waals surface area contributed by atoms with Crippen LogP contribution in [0.15, 0.2) is 31.1 Å². The van der Waals surface area contributed by atoms with Crippen molar-refractivity contribution in [3.8, 4) is 0 Å². The molecule has 5 heteroatoms. The Hall–Kier alpha value is -1.78. The molecule has 3 rings (SSSR count). The summed E-state index contributed by atoms with van der Waals surface area (Å²) in [7, 11) is 0. The molecule has 16 heavy (non-hydrogen) atoms. The van der Waals surface area contributed by atoms with Crippen LogP contribution in [0.1, 0.15) is 18.9 Å². The van der Waals surface area contributed by atoms with E-state index in [-0.39, 0.29) is 0 Å². The van der Waals surface area contributed by atoms with E-state index in [1.54, 1.807) is 6.20 Å². The molecule has 2 aromatic rings. The van der Waals surface area contributed by atoms with E-state index in [0.717, 1.165) is 19.0 Å². The Morgan fingerprint density at radius 3 is 3.00 bits per heavy atom. The summed E-state index contributed by atoms with van der Waals surface area (Å²) in [5, 5.41) is 3.36. The highest BCUT2D eigenvalue weighted by Gasteiger charge is 2.25. The lowest BCUT2D eigenvalue weighted by Crippen LogP contribution is -2.12. The highest BCUT2D eigenvalue weighted by Crippen LogP contribution is 2.36. The summed E-state index contributed by atoms with van der Waals surface area (Å²) in [6, 6.07) is 0.679. The summed E-state index contributed by atoms with van der Waals surface area (Å²) in [5.74, 6) is 0.989. The molecule has 0 radical (unpaired) electrons. The molecule has 2 aromatic heterocycles. The minimum atomic E-state index is 0.679. The van der Waals surface area contributed by atoms with Crippen molar-refractivity contribution in [3.63, 3.8) is 0 Å². The molecule has 0 spiro atoms. The Morgan fingerprint density at radius 2 is 2.25 bits per heavy atom. The SMILES string of the molecule is c1cn(CCNc2nccn2C2CC2)cn1. The molecule has 0 unspecified atom stereocenters. The lowest BCUT2D eigenvalue weighted by atomic mass is 10.6. The van der Waals surface area contributed by atoms with Crippen molar-refractivity contribution in [2.75, 3.05) is 11.9 Å². The van der Waals surface area contributed by atoms with E-state index in [2.05, 4.69) is 30.6 Å². The second-order valence-corrected chi connectivity index (χ2v) is 4.12. The van der Waals surface area contributed by atoms with Crippen LogP contribution in [0.4, 0.5) is 5.95 Å². The van der Waals surface area contributed by atoms with E-state index < -0.39 is 0 Å². The maximum absolute atomic E-state index is 4.32. The fourth-order valence-corrected chi connectivity index (χ4v) is 1.81. The number of hydrogen-bond acceptors (Lipinski definition) is 3. The molecule has 1 aliphatic carbocycles. The van der Waals surface area contributed by atoms with Gasteiger partial charge in [-0.1, -0.05) is 0 Å². The molecular formula is C11H15N5. The third-order valence-electron chi connectivity index (χ3n) is 2.82. The normalized spacial score (nSPS) is 15.2. The van der Waals surface area contributed by atoms with Gasteiger partial charge in [0.05, 0.1) is 6.33 Å². The summed E-state index contributed by atoms with van der Waals surface area (Å²) in [4.78, 5) is 8.33. The lowest BCUT2D eigenvalue weighted by Gasteiger charge is -2.08. The minimum Gasteiger partial charge on any atom is -0.354 e. The van der Waals surface area contributed by atoms with E-state index in [9.17, 15) is 0 Å². The maximum Gasteiger partial charge on any atom is 0.203 e. The van der Waals surface area contributed by atoms with Gasteiger partial charge in [0.25, 0.3) is 0 Å². The third-order valence-corrected chi connectivity index (χ3v) is 2.82. The number of aromatic nitrogens is 4. The molecule has 0 amide bonds. The second kappa shape index (κ2) is 4.00. The predicted molar refractivity (Wildman–Crippen MR) is 61.2 cm³/mol. The topological polar surface area (TPSA) is 47.7 Å². The van der Waals surface area contributed by atoms with Crippen LogP contribution >= 0.6 is 0 Å². The number of hydrogen-bond donors (Lipinski definition) is 1. The Labute approximate surface area is 94.1 Å². The van der Waals surface area contributed by atoms with Crippen LogP contribution in [-0.4, -0.2) is 25.6 Å². The van der Waals surface area contributed by atoms with Crippen LogP contribution in [0.25, 0.3) is 0 Å². The molecule has 0 aromatic carbocycles. The van der Waals surface area contributed by atoms with Crippen LogP contribution in [0.3, 0.4) is 0 Å².